The van der Waals surface area contributed by atoms with Crippen molar-refractivity contribution in [2.75, 3.05) is 13.6 Å². The molecule has 0 saturated carbocycles. The smallest absolute Gasteiger partial charge is 0.197 e. The first kappa shape index (κ1) is 9.59. The summed E-state index contributed by atoms with van der Waals surface area (Å²) in [5, 5.41) is 14.1. The fourth-order valence-electron chi connectivity index (χ4n) is 2.29. The van der Waals surface area contributed by atoms with Crippen LogP contribution in [0.15, 0.2) is 18.3 Å². The van der Waals surface area contributed by atoms with Gasteiger partial charge in [-0.1, -0.05) is 0 Å². The summed E-state index contributed by atoms with van der Waals surface area (Å²) in [5.41, 5.74) is 0.540. The molecule has 84 valence electrons. The van der Waals surface area contributed by atoms with E-state index in [1.165, 1.54) is 6.42 Å². The highest BCUT2D eigenvalue weighted by Crippen LogP contribution is 2.29. The van der Waals surface area contributed by atoms with E-state index in [0.717, 1.165) is 18.8 Å². The predicted molar refractivity (Wildman–Crippen MR) is 59.3 cm³/mol. The minimum absolute atomic E-state index is 0.182. The first-order chi connectivity index (χ1) is 7.75. The first-order valence-electron chi connectivity index (χ1n) is 5.50. The zero-order valence-electron chi connectivity index (χ0n) is 9.17. The van der Waals surface area contributed by atoms with E-state index < -0.39 is 0 Å². The molecule has 3 rings (SSSR count). The van der Waals surface area contributed by atoms with Crippen LogP contribution >= 0.6 is 0 Å². The molecule has 5 heteroatoms. The largest absolute Gasteiger partial charge is 0.504 e. The second-order valence-electron chi connectivity index (χ2n) is 4.27. The van der Waals surface area contributed by atoms with Crippen LogP contribution in [0.4, 0.5) is 0 Å². The van der Waals surface area contributed by atoms with E-state index in [1.54, 1.807) is 22.8 Å². The van der Waals surface area contributed by atoms with Crippen molar-refractivity contribution in [2.45, 2.75) is 18.9 Å². The Labute approximate surface area is 93.3 Å². The third-order valence-corrected chi connectivity index (χ3v) is 3.18. The number of pyridine rings is 1. The van der Waals surface area contributed by atoms with Crippen LogP contribution in [0.1, 0.15) is 24.7 Å². The third kappa shape index (κ3) is 1.36. The molecule has 1 atom stereocenters. The van der Waals surface area contributed by atoms with Crippen LogP contribution in [0.25, 0.3) is 5.65 Å². The molecule has 1 N–H and O–H groups in total. The topological polar surface area (TPSA) is 53.7 Å². The molecule has 1 fully saturated rings. The Morgan fingerprint density at radius 3 is 3.06 bits per heavy atom. The van der Waals surface area contributed by atoms with Gasteiger partial charge in [-0.3, -0.25) is 4.90 Å². The molecule has 2 aromatic rings. The molecule has 2 aromatic heterocycles. The first-order valence-corrected chi connectivity index (χ1v) is 5.50. The molecule has 0 aromatic carbocycles. The number of rotatable bonds is 1. The zero-order chi connectivity index (χ0) is 11.1. The van der Waals surface area contributed by atoms with Gasteiger partial charge in [-0.05, 0) is 38.6 Å². The van der Waals surface area contributed by atoms with Gasteiger partial charge in [0, 0.05) is 6.20 Å². The lowest BCUT2D eigenvalue weighted by atomic mass is 10.2. The molecule has 0 amide bonds. The van der Waals surface area contributed by atoms with Crippen LogP contribution in [0.3, 0.4) is 0 Å². The van der Waals surface area contributed by atoms with Gasteiger partial charge in [0.1, 0.15) is 0 Å². The van der Waals surface area contributed by atoms with Crippen LogP contribution in [0, 0.1) is 0 Å². The molecule has 0 radical (unpaired) electrons. The maximum Gasteiger partial charge on any atom is 0.197 e. The lowest BCUT2D eigenvalue weighted by molar-refractivity contribution is 0.306. The van der Waals surface area contributed by atoms with Crippen molar-refractivity contribution in [1.82, 2.24) is 19.5 Å². The number of hydrogen-bond acceptors (Lipinski definition) is 4. The molecule has 1 saturated heterocycles. The number of aromatic hydroxyl groups is 1. The van der Waals surface area contributed by atoms with Crippen molar-refractivity contribution in [3.8, 4) is 5.75 Å². The Hall–Kier alpha value is -1.62. The summed E-state index contributed by atoms with van der Waals surface area (Å²) in [7, 11) is 2.09. The molecule has 3 heterocycles. The summed E-state index contributed by atoms with van der Waals surface area (Å²) in [6, 6.07) is 3.69. The lowest BCUT2D eigenvalue weighted by Crippen LogP contribution is -2.18. The average molecular weight is 218 g/mol. The number of likely N-dealkylation sites (tertiary alicyclic amines) is 1. The van der Waals surface area contributed by atoms with Gasteiger partial charge in [0.2, 0.25) is 0 Å². The number of fused-ring (bicyclic) bond motifs is 1. The summed E-state index contributed by atoms with van der Waals surface area (Å²) in [4.78, 5) is 6.66. The van der Waals surface area contributed by atoms with Gasteiger partial charge in [0.05, 0.1) is 6.04 Å². The van der Waals surface area contributed by atoms with Crippen molar-refractivity contribution in [2.24, 2.45) is 0 Å². The van der Waals surface area contributed by atoms with E-state index >= 15 is 0 Å². The SMILES string of the molecule is CN1CCCC1c1nc2c(O)cccn2n1. The van der Waals surface area contributed by atoms with Gasteiger partial charge in [-0.15, -0.1) is 5.10 Å². The summed E-state index contributed by atoms with van der Waals surface area (Å²) >= 11 is 0. The minimum Gasteiger partial charge on any atom is -0.504 e. The van der Waals surface area contributed by atoms with Gasteiger partial charge in [-0.25, -0.2) is 9.50 Å². The summed E-state index contributed by atoms with van der Waals surface area (Å²) in [6.45, 7) is 1.09. The summed E-state index contributed by atoms with van der Waals surface area (Å²) in [5.74, 6) is 0.989. The van der Waals surface area contributed by atoms with Gasteiger partial charge < -0.3 is 5.11 Å². The quantitative estimate of drug-likeness (QED) is 0.781. The van der Waals surface area contributed by atoms with Crippen molar-refractivity contribution in [1.29, 1.82) is 0 Å². The van der Waals surface area contributed by atoms with E-state index in [0.29, 0.717) is 11.7 Å². The van der Waals surface area contributed by atoms with E-state index in [-0.39, 0.29) is 5.75 Å². The van der Waals surface area contributed by atoms with Gasteiger partial charge in [0.25, 0.3) is 0 Å². The van der Waals surface area contributed by atoms with Crippen molar-refractivity contribution < 1.29 is 5.11 Å². The molecule has 1 aliphatic rings. The standard InChI is InChI=1S/C11H14N4O/c1-14-6-2-4-8(14)10-12-11-9(16)5-3-7-15(11)13-10/h3,5,7-8,16H,2,4,6H2,1H3. The molecule has 1 unspecified atom stereocenters. The second-order valence-corrected chi connectivity index (χ2v) is 4.27. The van der Waals surface area contributed by atoms with Crippen LogP contribution in [0.2, 0.25) is 0 Å². The highest BCUT2D eigenvalue weighted by atomic mass is 16.3. The second kappa shape index (κ2) is 3.45. The van der Waals surface area contributed by atoms with Crippen LogP contribution in [-0.4, -0.2) is 38.2 Å². The normalized spacial score (nSPS) is 21.9. The molecule has 0 aliphatic carbocycles. The Morgan fingerprint density at radius 2 is 2.38 bits per heavy atom. The Balaban J connectivity index is 2.08. The molecule has 5 nitrogen and oxygen atoms in total. The molecule has 16 heavy (non-hydrogen) atoms. The van der Waals surface area contributed by atoms with Crippen molar-refractivity contribution in [3.05, 3.63) is 24.2 Å². The average Bonchev–Trinajstić information content (AvgIpc) is 2.84. The van der Waals surface area contributed by atoms with Crippen LogP contribution in [-0.2, 0) is 0 Å². The van der Waals surface area contributed by atoms with E-state index in [4.69, 9.17) is 0 Å². The molecular weight excluding hydrogens is 204 g/mol. The summed E-state index contributed by atoms with van der Waals surface area (Å²) < 4.78 is 1.64. The van der Waals surface area contributed by atoms with Crippen LogP contribution < -0.4 is 0 Å². The van der Waals surface area contributed by atoms with Crippen molar-refractivity contribution >= 4 is 5.65 Å². The monoisotopic (exact) mass is 218 g/mol. The van der Waals surface area contributed by atoms with E-state index in [9.17, 15) is 5.11 Å². The number of aromatic nitrogens is 3. The highest BCUT2D eigenvalue weighted by Gasteiger charge is 2.26. The fourth-order valence-corrected chi connectivity index (χ4v) is 2.29. The minimum atomic E-state index is 0.182. The van der Waals surface area contributed by atoms with Gasteiger partial charge in [-0.2, -0.15) is 0 Å². The van der Waals surface area contributed by atoms with Gasteiger partial charge >= 0.3 is 0 Å². The molecule has 0 spiro atoms. The fraction of sp³-hybridized carbons (Fsp3) is 0.455. The van der Waals surface area contributed by atoms with E-state index in [2.05, 4.69) is 22.0 Å². The Bertz CT molecular complexity index is 522. The van der Waals surface area contributed by atoms with Gasteiger partial charge in [0.15, 0.2) is 17.2 Å². The molecule has 1 aliphatic heterocycles. The highest BCUT2D eigenvalue weighted by molar-refractivity contribution is 5.51. The Kier molecular flexibility index (Phi) is 2.07. The maximum atomic E-state index is 9.66. The molecule has 0 bridgehead atoms. The van der Waals surface area contributed by atoms with E-state index in [1.807, 2.05) is 0 Å². The maximum absolute atomic E-state index is 9.66. The number of hydrogen-bond donors (Lipinski definition) is 1. The lowest BCUT2D eigenvalue weighted by Gasteiger charge is -2.15. The molecular formula is C11H14N4O. The van der Waals surface area contributed by atoms with Crippen molar-refractivity contribution in [3.63, 3.8) is 0 Å². The predicted octanol–water partition coefficient (Wildman–Crippen LogP) is 1.20. The third-order valence-electron chi connectivity index (χ3n) is 3.18. The van der Waals surface area contributed by atoms with Crippen LogP contribution in [0.5, 0.6) is 5.75 Å². The number of nitrogens with zero attached hydrogens (tertiary/aromatic N) is 4. The zero-order valence-corrected chi connectivity index (χ0v) is 9.17. The Morgan fingerprint density at radius 1 is 1.50 bits per heavy atom. The summed E-state index contributed by atoms with van der Waals surface area (Å²) in [6.07, 6.45) is 4.08.